The Morgan fingerprint density at radius 1 is 1.27 bits per heavy atom. The monoisotopic (exact) mass is 206 g/mol. The lowest BCUT2D eigenvalue weighted by atomic mass is 10.3. The molecule has 0 spiro atoms. The summed E-state index contributed by atoms with van der Waals surface area (Å²) < 4.78 is 4.91. The van der Waals surface area contributed by atoms with Crippen molar-refractivity contribution in [2.24, 2.45) is 0 Å². The number of carboxylic acids is 1. The second-order valence-corrected chi connectivity index (χ2v) is 2.87. The summed E-state index contributed by atoms with van der Waals surface area (Å²) in [5.41, 5.74) is 0.0475. The highest BCUT2D eigenvalue weighted by molar-refractivity contribution is 5.96. The number of ether oxygens (including phenoxy) is 1. The van der Waals surface area contributed by atoms with E-state index < -0.39 is 11.9 Å². The van der Waals surface area contributed by atoms with Crippen LogP contribution in [-0.4, -0.2) is 17.0 Å². The Bertz CT molecular complexity index is 392. The number of carbonyl (C=O) groups is 2. The number of aliphatic carboxylic acids is 1. The summed E-state index contributed by atoms with van der Waals surface area (Å²) in [6.45, 7) is 1.39. The van der Waals surface area contributed by atoms with E-state index in [0.717, 1.165) is 6.08 Å². The van der Waals surface area contributed by atoms with E-state index >= 15 is 0 Å². The Hall–Kier alpha value is -2.10. The molecule has 0 saturated heterocycles. The van der Waals surface area contributed by atoms with E-state index in [-0.39, 0.29) is 5.57 Å². The number of para-hydroxylation sites is 1. The Kier molecular flexibility index (Phi) is 3.62. The van der Waals surface area contributed by atoms with Crippen LogP contribution in [0.1, 0.15) is 6.92 Å². The fraction of sp³-hybridized carbons (Fsp3) is 0.0909. The lowest BCUT2D eigenvalue weighted by molar-refractivity contribution is -0.133. The lowest BCUT2D eigenvalue weighted by Gasteiger charge is -2.02. The molecule has 4 nitrogen and oxygen atoms in total. The standard InChI is InChI=1S/C11H10O4/c1-8(7-10(12)13)11(14)15-9-5-3-2-4-6-9/h2-7H,1H3,(H,12,13)/b8-7+. The fourth-order valence-corrected chi connectivity index (χ4v) is 0.920. The van der Waals surface area contributed by atoms with Gasteiger partial charge in [-0.3, -0.25) is 0 Å². The SMILES string of the molecule is C/C(=C\C(=O)O)C(=O)Oc1ccccc1. The molecule has 78 valence electrons. The van der Waals surface area contributed by atoms with Crippen molar-refractivity contribution >= 4 is 11.9 Å². The van der Waals surface area contributed by atoms with Gasteiger partial charge in [0, 0.05) is 11.6 Å². The van der Waals surface area contributed by atoms with Crippen molar-refractivity contribution in [1.29, 1.82) is 0 Å². The van der Waals surface area contributed by atoms with Crippen molar-refractivity contribution in [3.8, 4) is 5.75 Å². The largest absolute Gasteiger partial charge is 0.478 e. The van der Waals surface area contributed by atoms with Gasteiger partial charge in [-0.05, 0) is 19.1 Å². The third kappa shape index (κ3) is 3.64. The summed E-state index contributed by atoms with van der Waals surface area (Å²) in [5.74, 6) is -1.44. The molecule has 4 heteroatoms. The molecule has 1 rings (SSSR count). The molecule has 0 atom stereocenters. The van der Waals surface area contributed by atoms with Crippen LogP contribution < -0.4 is 4.74 Å². The van der Waals surface area contributed by atoms with Crippen molar-refractivity contribution in [2.45, 2.75) is 6.92 Å². The first-order valence-electron chi connectivity index (χ1n) is 4.28. The molecule has 1 aromatic rings. The highest BCUT2D eigenvalue weighted by Crippen LogP contribution is 2.10. The zero-order chi connectivity index (χ0) is 11.3. The quantitative estimate of drug-likeness (QED) is 0.463. The molecule has 0 radical (unpaired) electrons. The predicted octanol–water partition coefficient (Wildman–Crippen LogP) is 1.62. The van der Waals surface area contributed by atoms with Gasteiger partial charge < -0.3 is 9.84 Å². The zero-order valence-electron chi connectivity index (χ0n) is 8.14. The summed E-state index contributed by atoms with van der Waals surface area (Å²) in [5, 5.41) is 8.41. The number of benzene rings is 1. The summed E-state index contributed by atoms with van der Waals surface area (Å²) in [7, 11) is 0. The fourth-order valence-electron chi connectivity index (χ4n) is 0.920. The van der Waals surface area contributed by atoms with Crippen LogP contribution in [0.25, 0.3) is 0 Å². The van der Waals surface area contributed by atoms with Crippen LogP contribution in [0.15, 0.2) is 42.0 Å². The number of rotatable bonds is 3. The summed E-state index contributed by atoms with van der Waals surface area (Å²) in [4.78, 5) is 21.6. The lowest BCUT2D eigenvalue weighted by Crippen LogP contribution is -2.10. The van der Waals surface area contributed by atoms with Crippen LogP contribution in [0.2, 0.25) is 0 Å². The molecule has 0 fully saturated rings. The highest BCUT2D eigenvalue weighted by atomic mass is 16.5. The molecule has 0 bridgehead atoms. The minimum absolute atomic E-state index is 0.0475. The van der Waals surface area contributed by atoms with Crippen molar-refractivity contribution < 1.29 is 19.4 Å². The van der Waals surface area contributed by atoms with Gasteiger partial charge in [-0.15, -0.1) is 0 Å². The topological polar surface area (TPSA) is 63.6 Å². The molecule has 0 unspecified atom stereocenters. The third-order valence-electron chi connectivity index (χ3n) is 1.62. The minimum Gasteiger partial charge on any atom is -0.478 e. The molecule has 0 aliphatic rings. The van der Waals surface area contributed by atoms with E-state index in [0.29, 0.717) is 5.75 Å². The number of hydrogen-bond acceptors (Lipinski definition) is 3. The molecule has 0 aliphatic carbocycles. The first-order chi connectivity index (χ1) is 7.09. The van der Waals surface area contributed by atoms with E-state index in [1.165, 1.54) is 6.92 Å². The maximum atomic E-state index is 11.3. The van der Waals surface area contributed by atoms with Crippen LogP contribution in [-0.2, 0) is 9.59 Å². The average molecular weight is 206 g/mol. The van der Waals surface area contributed by atoms with Crippen molar-refractivity contribution in [2.75, 3.05) is 0 Å². The maximum Gasteiger partial charge on any atom is 0.339 e. The Morgan fingerprint density at radius 3 is 2.40 bits per heavy atom. The molecule has 0 saturated carbocycles. The molecule has 1 N–H and O–H groups in total. The Morgan fingerprint density at radius 2 is 1.87 bits per heavy atom. The minimum atomic E-state index is -1.17. The van der Waals surface area contributed by atoms with E-state index in [2.05, 4.69) is 0 Å². The van der Waals surface area contributed by atoms with Gasteiger partial charge in [0.05, 0.1) is 0 Å². The van der Waals surface area contributed by atoms with Gasteiger partial charge in [0.15, 0.2) is 0 Å². The molecule has 0 aromatic heterocycles. The van der Waals surface area contributed by atoms with E-state index in [9.17, 15) is 9.59 Å². The van der Waals surface area contributed by atoms with Gasteiger partial charge >= 0.3 is 11.9 Å². The molecule has 15 heavy (non-hydrogen) atoms. The third-order valence-corrected chi connectivity index (χ3v) is 1.62. The molecule has 0 amide bonds. The smallest absolute Gasteiger partial charge is 0.339 e. The molecular weight excluding hydrogens is 196 g/mol. The van der Waals surface area contributed by atoms with Gasteiger partial charge in [-0.2, -0.15) is 0 Å². The molecule has 0 aliphatic heterocycles. The van der Waals surface area contributed by atoms with Gasteiger partial charge in [0.25, 0.3) is 0 Å². The predicted molar refractivity (Wildman–Crippen MR) is 53.5 cm³/mol. The van der Waals surface area contributed by atoms with Gasteiger partial charge in [0.1, 0.15) is 5.75 Å². The number of carbonyl (C=O) groups excluding carboxylic acids is 1. The van der Waals surface area contributed by atoms with Gasteiger partial charge in [-0.25, -0.2) is 9.59 Å². The first kappa shape index (κ1) is 11.0. The van der Waals surface area contributed by atoms with Gasteiger partial charge in [-0.1, -0.05) is 18.2 Å². The van der Waals surface area contributed by atoms with E-state index in [4.69, 9.17) is 9.84 Å². The van der Waals surface area contributed by atoms with Crippen LogP contribution in [0.3, 0.4) is 0 Å². The van der Waals surface area contributed by atoms with Crippen LogP contribution in [0.5, 0.6) is 5.75 Å². The van der Waals surface area contributed by atoms with Crippen molar-refractivity contribution in [3.63, 3.8) is 0 Å². The average Bonchev–Trinajstić information content (AvgIpc) is 2.18. The van der Waals surface area contributed by atoms with E-state index in [1.54, 1.807) is 30.3 Å². The molecule has 0 heterocycles. The van der Waals surface area contributed by atoms with Crippen molar-refractivity contribution in [1.82, 2.24) is 0 Å². The molecule has 1 aromatic carbocycles. The Balaban J connectivity index is 2.68. The number of esters is 1. The normalized spacial score (nSPS) is 10.9. The number of hydrogen-bond donors (Lipinski definition) is 1. The zero-order valence-corrected chi connectivity index (χ0v) is 8.14. The van der Waals surface area contributed by atoms with Gasteiger partial charge in [0.2, 0.25) is 0 Å². The second-order valence-electron chi connectivity index (χ2n) is 2.87. The maximum absolute atomic E-state index is 11.3. The summed E-state index contributed by atoms with van der Waals surface area (Å²) in [6, 6.07) is 8.47. The van der Waals surface area contributed by atoms with Crippen LogP contribution >= 0.6 is 0 Å². The summed E-state index contributed by atoms with van der Waals surface area (Å²) >= 11 is 0. The number of carboxylic acid groups (broad SMARTS) is 1. The van der Waals surface area contributed by atoms with Crippen LogP contribution in [0, 0.1) is 0 Å². The van der Waals surface area contributed by atoms with Crippen molar-refractivity contribution in [3.05, 3.63) is 42.0 Å². The first-order valence-corrected chi connectivity index (χ1v) is 4.28. The second kappa shape index (κ2) is 4.95. The molecular formula is C11H10O4. The highest BCUT2D eigenvalue weighted by Gasteiger charge is 2.08. The Labute approximate surface area is 86.8 Å². The summed E-state index contributed by atoms with van der Waals surface area (Å²) in [6.07, 6.45) is 0.811. The van der Waals surface area contributed by atoms with Crippen LogP contribution in [0.4, 0.5) is 0 Å². The van der Waals surface area contributed by atoms with E-state index in [1.807, 2.05) is 0 Å².